The normalized spacial score (nSPS) is 10.4. The number of carbonyl (C=O) groups is 1. The molecule has 0 atom stereocenters. The van der Waals surface area contributed by atoms with Crippen LogP contribution in [0, 0.1) is 0 Å². The molecule has 3 nitrogen and oxygen atoms in total. The molecule has 4 heteroatoms. The van der Waals surface area contributed by atoms with Crippen molar-refractivity contribution in [1.82, 2.24) is 5.32 Å². The number of carbonyl (C=O) groups excluding carboxylic acids is 1. The van der Waals surface area contributed by atoms with Gasteiger partial charge in [0.1, 0.15) is 5.75 Å². The van der Waals surface area contributed by atoms with E-state index in [-0.39, 0.29) is 5.91 Å². The van der Waals surface area contributed by atoms with Crippen molar-refractivity contribution in [1.29, 1.82) is 0 Å². The fraction of sp³-hybridized carbons (Fsp3) is 0.214. The van der Waals surface area contributed by atoms with Crippen LogP contribution in [-0.2, 0) is 11.2 Å². The zero-order chi connectivity index (χ0) is 13.1. The highest BCUT2D eigenvalue weighted by Gasteiger charge is 2.11. The lowest BCUT2D eigenvalue weighted by atomic mass is 10.0. The number of amides is 1. The molecule has 0 bridgehead atoms. The fourth-order valence-electron chi connectivity index (χ4n) is 1.97. The van der Waals surface area contributed by atoms with Gasteiger partial charge in [0.05, 0.1) is 13.5 Å². The van der Waals surface area contributed by atoms with Crippen LogP contribution in [0.2, 0.25) is 0 Å². The number of benzene rings is 2. The van der Waals surface area contributed by atoms with Crippen molar-refractivity contribution < 1.29 is 9.53 Å². The molecule has 0 spiro atoms. The van der Waals surface area contributed by atoms with Crippen LogP contribution in [0.1, 0.15) is 5.56 Å². The van der Waals surface area contributed by atoms with Crippen molar-refractivity contribution in [3.63, 3.8) is 0 Å². The minimum Gasteiger partial charge on any atom is -0.496 e. The Morgan fingerprint density at radius 3 is 2.78 bits per heavy atom. The summed E-state index contributed by atoms with van der Waals surface area (Å²) in [6, 6.07) is 9.89. The molecule has 0 saturated heterocycles. The van der Waals surface area contributed by atoms with Crippen molar-refractivity contribution in [3.8, 4) is 5.75 Å². The molecular weight excluding hydrogens is 294 g/mol. The number of fused-ring (bicyclic) bond motifs is 1. The average molecular weight is 308 g/mol. The van der Waals surface area contributed by atoms with Gasteiger partial charge in [-0.2, -0.15) is 0 Å². The van der Waals surface area contributed by atoms with Crippen molar-refractivity contribution in [2.24, 2.45) is 0 Å². The predicted molar refractivity (Wildman–Crippen MR) is 76.0 cm³/mol. The molecule has 2 aromatic rings. The molecule has 1 amide bonds. The summed E-state index contributed by atoms with van der Waals surface area (Å²) >= 11 is 3.45. The topological polar surface area (TPSA) is 38.3 Å². The summed E-state index contributed by atoms with van der Waals surface area (Å²) in [5.41, 5.74) is 0.918. The molecule has 18 heavy (non-hydrogen) atoms. The number of hydrogen-bond donors (Lipinski definition) is 1. The van der Waals surface area contributed by atoms with Gasteiger partial charge in [0.2, 0.25) is 5.91 Å². The molecule has 0 heterocycles. The SMILES string of the molecule is CNC(=O)Cc1c(OC)ccc2cc(Br)ccc12. The Morgan fingerprint density at radius 1 is 1.33 bits per heavy atom. The second kappa shape index (κ2) is 5.40. The van der Waals surface area contributed by atoms with Crippen LogP contribution in [0.3, 0.4) is 0 Å². The predicted octanol–water partition coefficient (Wildman–Crippen LogP) is 2.90. The van der Waals surface area contributed by atoms with Crippen molar-refractivity contribution >= 4 is 32.6 Å². The lowest BCUT2D eigenvalue weighted by Gasteiger charge is -2.11. The molecular formula is C14H14BrNO2. The van der Waals surface area contributed by atoms with E-state index in [1.54, 1.807) is 14.2 Å². The van der Waals surface area contributed by atoms with E-state index in [4.69, 9.17) is 4.74 Å². The first-order chi connectivity index (χ1) is 8.65. The van der Waals surface area contributed by atoms with Gasteiger partial charge >= 0.3 is 0 Å². The lowest BCUT2D eigenvalue weighted by molar-refractivity contribution is -0.119. The van der Waals surface area contributed by atoms with Crippen LogP contribution >= 0.6 is 15.9 Å². The van der Waals surface area contributed by atoms with Gasteiger partial charge in [0.25, 0.3) is 0 Å². The fourth-order valence-corrected chi connectivity index (χ4v) is 2.35. The summed E-state index contributed by atoms with van der Waals surface area (Å²) in [6.45, 7) is 0. The molecule has 0 aliphatic rings. The molecule has 0 aliphatic carbocycles. The monoisotopic (exact) mass is 307 g/mol. The van der Waals surface area contributed by atoms with Gasteiger partial charge in [0.15, 0.2) is 0 Å². The van der Waals surface area contributed by atoms with Crippen LogP contribution in [0.25, 0.3) is 10.8 Å². The number of methoxy groups -OCH3 is 1. The maximum absolute atomic E-state index is 11.6. The van der Waals surface area contributed by atoms with E-state index < -0.39 is 0 Å². The Morgan fingerprint density at radius 2 is 2.11 bits per heavy atom. The van der Waals surface area contributed by atoms with E-state index in [0.29, 0.717) is 6.42 Å². The Kier molecular flexibility index (Phi) is 3.87. The molecule has 0 unspecified atom stereocenters. The maximum Gasteiger partial charge on any atom is 0.224 e. The van der Waals surface area contributed by atoms with E-state index in [1.165, 1.54) is 0 Å². The van der Waals surface area contributed by atoms with Gasteiger partial charge in [-0.05, 0) is 29.0 Å². The highest BCUT2D eigenvalue weighted by Crippen LogP contribution is 2.30. The maximum atomic E-state index is 11.6. The summed E-state index contributed by atoms with van der Waals surface area (Å²) in [6.07, 6.45) is 0.318. The first kappa shape index (κ1) is 12.9. The Labute approximate surface area is 114 Å². The van der Waals surface area contributed by atoms with Crippen molar-refractivity contribution in [2.75, 3.05) is 14.2 Å². The van der Waals surface area contributed by atoms with Crippen LogP contribution in [0.4, 0.5) is 0 Å². The Balaban J connectivity index is 2.61. The van der Waals surface area contributed by atoms with Gasteiger partial charge in [-0.25, -0.2) is 0 Å². The number of halogens is 1. The van der Waals surface area contributed by atoms with E-state index in [2.05, 4.69) is 21.2 Å². The van der Waals surface area contributed by atoms with Crippen LogP contribution in [-0.4, -0.2) is 20.1 Å². The quantitative estimate of drug-likeness (QED) is 0.947. The number of rotatable bonds is 3. The molecule has 2 aromatic carbocycles. The zero-order valence-electron chi connectivity index (χ0n) is 10.3. The summed E-state index contributed by atoms with van der Waals surface area (Å²) in [5.74, 6) is 0.720. The summed E-state index contributed by atoms with van der Waals surface area (Å²) in [4.78, 5) is 11.6. The van der Waals surface area contributed by atoms with Gasteiger partial charge in [-0.3, -0.25) is 4.79 Å². The average Bonchev–Trinajstić information content (AvgIpc) is 2.38. The number of nitrogens with one attached hydrogen (secondary N) is 1. The summed E-state index contributed by atoms with van der Waals surface area (Å²) in [7, 11) is 3.25. The van der Waals surface area contributed by atoms with E-state index >= 15 is 0 Å². The smallest absolute Gasteiger partial charge is 0.224 e. The van der Waals surface area contributed by atoms with Gasteiger partial charge in [-0.1, -0.05) is 28.1 Å². The molecule has 0 aliphatic heterocycles. The molecule has 0 aromatic heterocycles. The highest BCUT2D eigenvalue weighted by molar-refractivity contribution is 9.10. The molecule has 0 fully saturated rings. The molecule has 2 rings (SSSR count). The van der Waals surface area contributed by atoms with Crippen LogP contribution in [0.5, 0.6) is 5.75 Å². The minimum absolute atomic E-state index is 0.0243. The largest absolute Gasteiger partial charge is 0.496 e. The molecule has 94 valence electrons. The summed E-state index contributed by atoms with van der Waals surface area (Å²) in [5, 5.41) is 4.77. The summed E-state index contributed by atoms with van der Waals surface area (Å²) < 4.78 is 6.36. The van der Waals surface area contributed by atoms with Crippen molar-refractivity contribution in [2.45, 2.75) is 6.42 Å². The Bertz CT molecular complexity index is 596. The number of ether oxygens (including phenoxy) is 1. The van der Waals surface area contributed by atoms with Gasteiger partial charge in [0, 0.05) is 17.1 Å². The zero-order valence-corrected chi connectivity index (χ0v) is 11.9. The molecule has 1 N–H and O–H groups in total. The van der Waals surface area contributed by atoms with Crippen molar-refractivity contribution in [3.05, 3.63) is 40.4 Å². The third kappa shape index (κ3) is 2.48. The third-order valence-corrected chi connectivity index (χ3v) is 3.38. The lowest BCUT2D eigenvalue weighted by Crippen LogP contribution is -2.20. The van der Waals surface area contributed by atoms with E-state index in [1.807, 2.05) is 30.3 Å². The second-order valence-electron chi connectivity index (χ2n) is 3.96. The van der Waals surface area contributed by atoms with Gasteiger partial charge in [-0.15, -0.1) is 0 Å². The van der Waals surface area contributed by atoms with E-state index in [0.717, 1.165) is 26.6 Å². The minimum atomic E-state index is -0.0243. The molecule has 0 radical (unpaired) electrons. The third-order valence-electron chi connectivity index (χ3n) is 2.89. The molecule has 0 saturated carbocycles. The highest BCUT2D eigenvalue weighted by atomic mass is 79.9. The van der Waals surface area contributed by atoms with Crippen LogP contribution < -0.4 is 10.1 Å². The first-order valence-electron chi connectivity index (χ1n) is 5.61. The second-order valence-corrected chi connectivity index (χ2v) is 4.88. The number of likely N-dealkylation sites (N-methyl/N-ethyl adjacent to an activating group) is 1. The first-order valence-corrected chi connectivity index (χ1v) is 6.40. The Hall–Kier alpha value is -1.55. The van der Waals surface area contributed by atoms with Gasteiger partial charge < -0.3 is 10.1 Å². The van der Waals surface area contributed by atoms with E-state index in [9.17, 15) is 4.79 Å². The van der Waals surface area contributed by atoms with Crippen LogP contribution in [0.15, 0.2) is 34.8 Å². The standard InChI is InChI=1S/C14H14BrNO2/c1-16-14(17)8-12-11-5-4-10(15)7-9(11)3-6-13(12)18-2/h3-7H,8H2,1-2H3,(H,16,17). The number of hydrogen-bond acceptors (Lipinski definition) is 2.